The first-order valence-corrected chi connectivity index (χ1v) is 4.81. The highest BCUT2D eigenvalue weighted by atomic mass is 16.9. The summed E-state index contributed by atoms with van der Waals surface area (Å²) in [6, 6.07) is 10.6. The molecular weight excluding hydrogens is 196 g/mol. The summed E-state index contributed by atoms with van der Waals surface area (Å²) in [6.45, 7) is 1.06. The Balaban J connectivity index is 0.000000423. The van der Waals surface area contributed by atoms with E-state index in [1.807, 2.05) is 0 Å². The fourth-order valence-corrected chi connectivity index (χ4v) is 1.15. The maximum absolute atomic E-state index is 8.25. The molecule has 0 aromatic heterocycles. The van der Waals surface area contributed by atoms with Crippen molar-refractivity contribution in [2.75, 3.05) is 6.54 Å². The highest BCUT2D eigenvalue weighted by Gasteiger charge is 1.90. The van der Waals surface area contributed by atoms with E-state index in [2.05, 4.69) is 36.1 Å². The monoisotopic (exact) mass is 212 g/mol. The molecule has 0 amide bonds. The van der Waals surface area contributed by atoms with Gasteiger partial charge in [0.15, 0.2) is 0 Å². The number of benzene rings is 1. The molecule has 1 aromatic rings. The van der Waals surface area contributed by atoms with Gasteiger partial charge < -0.3 is 21.1 Å². The van der Waals surface area contributed by atoms with Crippen molar-refractivity contribution < 1.29 is 10.8 Å². The standard InChI is InChI=1S/C10H15N.NO3/c11-9-5-4-8-10-6-2-1-3-7-10;2-1(3)4/h1-3,6-7H,4-5,8-9,11H2;/q;-1/p+1. The van der Waals surface area contributed by atoms with Crippen LogP contribution in [0.4, 0.5) is 0 Å². The predicted molar refractivity (Wildman–Crippen MR) is 57.5 cm³/mol. The summed E-state index contributed by atoms with van der Waals surface area (Å²) in [7, 11) is 0. The van der Waals surface area contributed by atoms with E-state index in [1.54, 1.807) is 0 Å². The molecule has 0 atom stereocenters. The Labute approximate surface area is 88.6 Å². The topological polar surface area (TPSA) is 93.8 Å². The van der Waals surface area contributed by atoms with Gasteiger partial charge in [-0.2, -0.15) is 0 Å². The Morgan fingerprint density at radius 2 is 1.67 bits per heavy atom. The van der Waals surface area contributed by atoms with Crippen molar-refractivity contribution in [3.8, 4) is 0 Å². The Morgan fingerprint density at radius 3 is 2.13 bits per heavy atom. The van der Waals surface area contributed by atoms with Crippen molar-refractivity contribution >= 4 is 0 Å². The second kappa shape index (κ2) is 8.96. The van der Waals surface area contributed by atoms with E-state index in [0.29, 0.717) is 0 Å². The van der Waals surface area contributed by atoms with Gasteiger partial charge >= 0.3 is 0 Å². The van der Waals surface area contributed by atoms with Crippen LogP contribution in [-0.4, -0.2) is 11.6 Å². The van der Waals surface area contributed by atoms with Crippen LogP contribution in [0, 0.1) is 15.3 Å². The average Bonchev–Trinajstić information content (AvgIpc) is 2.19. The van der Waals surface area contributed by atoms with E-state index in [-0.39, 0.29) is 0 Å². The highest BCUT2D eigenvalue weighted by Crippen LogP contribution is 2.02. The van der Waals surface area contributed by atoms with Crippen molar-refractivity contribution in [2.24, 2.45) is 0 Å². The molecule has 0 spiro atoms. The Hall–Kier alpha value is -1.62. The van der Waals surface area contributed by atoms with Crippen molar-refractivity contribution in [1.82, 2.24) is 0 Å². The number of hydrogen-bond acceptors (Lipinski definition) is 3. The first-order valence-electron chi connectivity index (χ1n) is 4.81. The summed E-state index contributed by atoms with van der Waals surface area (Å²) < 4.78 is 0. The smallest absolute Gasteiger partial charge is 0.0739 e. The largest absolute Gasteiger partial charge is 0.358 e. The maximum atomic E-state index is 8.25. The minimum absolute atomic E-state index is 1.06. The molecule has 0 aliphatic rings. The number of aryl methyl sites for hydroxylation is 1. The van der Waals surface area contributed by atoms with E-state index in [1.165, 1.54) is 24.8 Å². The summed E-state index contributed by atoms with van der Waals surface area (Å²) in [6.07, 6.45) is 3.72. The van der Waals surface area contributed by atoms with Crippen molar-refractivity contribution in [3.05, 3.63) is 51.2 Å². The lowest BCUT2D eigenvalue weighted by molar-refractivity contribution is -0.402. The van der Waals surface area contributed by atoms with Gasteiger partial charge in [-0.1, -0.05) is 30.3 Å². The summed E-state index contributed by atoms with van der Waals surface area (Å²) >= 11 is 0. The van der Waals surface area contributed by atoms with Gasteiger partial charge in [0.2, 0.25) is 0 Å². The molecule has 0 bridgehead atoms. The fraction of sp³-hybridized carbons (Fsp3) is 0.400. The van der Waals surface area contributed by atoms with Gasteiger partial charge in [0.1, 0.15) is 0 Å². The van der Waals surface area contributed by atoms with Crippen LogP contribution in [0.25, 0.3) is 0 Å². The molecule has 0 unspecified atom stereocenters. The number of hydrogen-bond donors (Lipinski definition) is 1. The molecule has 0 aliphatic heterocycles. The zero-order valence-electron chi connectivity index (χ0n) is 8.59. The van der Waals surface area contributed by atoms with Crippen LogP contribution < -0.4 is 5.73 Å². The van der Waals surface area contributed by atoms with Gasteiger partial charge in [0.25, 0.3) is 0 Å². The number of unbranched alkanes of at least 4 members (excludes halogenated alkanes) is 1. The van der Waals surface area contributed by atoms with Crippen LogP contribution in [0.3, 0.4) is 0 Å². The minimum Gasteiger partial charge on any atom is -0.358 e. The van der Waals surface area contributed by atoms with Gasteiger partial charge in [0, 0.05) is 0 Å². The number of nitrogens with zero attached hydrogens (tertiary/aromatic N) is 1. The van der Waals surface area contributed by atoms with Crippen molar-refractivity contribution in [2.45, 2.75) is 19.3 Å². The van der Waals surface area contributed by atoms with E-state index >= 15 is 0 Å². The van der Waals surface area contributed by atoms with Crippen LogP contribution in [0.5, 0.6) is 0 Å². The van der Waals surface area contributed by atoms with Crippen LogP contribution in [0.2, 0.25) is 0 Å². The lowest BCUT2D eigenvalue weighted by Gasteiger charge is -1.97. The molecule has 3 N–H and O–H groups in total. The minimum atomic E-state index is -1.75. The summed E-state index contributed by atoms with van der Waals surface area (Å²) in [5.41, 5.74) is 5.26. The van der Waals surface area contributed by atoms with Gasteiger partial charge in [-0.25, -0.2) is 0 Å². The third-order valence-electron chi connectivity index (χ3n) is 1.81. The molecule has 0 saturated carbocycles. The molecule has 0 heterocycles. The average molecular weight is 212 g/mol. The number of quaternary nitrogens is 1. The zero-order chi connectivity index (χ0) is 11.5. The van der Waals surface area contributed by atoms with E-state index in [0.717, 1.165) is 6.54 Å². The molecule has 5 heteroatoms. The molecule has 5 nitrogen and oxygen atoms in total. The molecule has 0 radical (unpaired) electrons. The molecule has 0 aliphatic carbocycles. The Bertz CT molecular complexity index is 261. The van der Waals surface area contributed by atoms with E-state index < -0.39 is 5.09 Å². The van der Waals surface area contributed by atoms with Gasteiger partial charge in [-0.05, 0) is 24.8 Å². The van der Waals surface area contributed by atoms with Crippen LogP contribution in [-0.2, 0) is 6.42 Å². The van der Waals surface area contributed by atoms with Gasteiger partial charge in [-0.15, -0.1) is 0 Å². The lowest BCUT2D eigenvalue weighted by atomic mass is 10.1. The first-order chi connectivity index (χ1) is 7.16. The van der Waals surface area contributed by atoms with Crippen LogP contribution in [0.1, 0.15) is 18.4 Å². The second-order valence-electron chi connectivity index (χ2n) is 3.02. The van der Waals surface area contributed by atoms with E-state index in [9.17, 15) is 0 Å². The molecule has 0 fully saturated rings. The van der Waals surface area contributed by atoms with Gasteiger partial charge in [0.05, 0.1) is 11.6 Å². The Kier molecular flexibility index (Phi) is 7.99. The second-order valence-corrected chi connectivity index (χ2v) is 3.02. The maximum Gasteiger partial charge on any atom is 0.0739 e. The third kappa shape index (κ3) is 10.3. The van der Waals surface area contributed by atoms with Crippen molar-refractivity contribution in [1.29, 1.82) is 0 Å². The summed E-state index contributed by atoms with van der Waals surface area (Å²) in [5, 5.41) is 14.8. The SMILES string of the molecule is O=[N+]([O-])[O-].[NH3+]CCCCc1ccccc1. The highest BCUT2D eigenvalue weighted by molar-refractivity contribution is 5.14. The zero-order valence-corrected chi connectivity index (χ0v) is 8.59. The molecule has 0 saturated heterocycles. The van der Waals surface area contributed by atoms with Crippen molar-refractivity contribution in [3.63, 3.8) is 0 Å². The lowest BCUT2D eigenvalue weighted by Crippen LogP contribution is -2.50. The predicted octanol–water partition coefficient (Wildman–Crippen LogP) is 1.01. The first kappa shape index (κ1) is 13.4. The third-order valence-corrected chi connectivity index (χ3v) is 1.81. The molecule has 84 valence electrons. The molecule has 1 rings (SSSR count). The normalized spacial score (nSPS) is 8.87. The summed E-state index contributed by atoms with van der Waals surface area (Å²) in [5.74, 6) is 0. The molecular formula is C10H16N2O3. The van der Waals surface area contributed by atoms with Crippen LogP contribution >= 0.6 is 0 Å². The molecule has 15 heavy (non-hydrogen) atoms. The van der Waals surface area contributed by atoms with Gasteiger partial charge in [-0.3, -0.25) is 0 Å². The fourth-order valence-electron chi connectivity index (χ4n) is 1.15. The summed E-state index contributed by atoms with van der Waals surface area (Å²) in [4.78, 5) is 8.25. The number of rotatable bonds is 4. The quantitative estimate of drug-likeness (QED) is 0.458. The van der Waals surface area contributed by atoms with Crippen LogP contribution in [0.15, 0.2) is 30.3 Å². The molecule has 1 aromatic carbocycles. The van der Waals surface area contributed by atoms with E-state index in [4.69, 9.17) is 15.3 Å². The Morgan fingerprint density at radius 1 is 1.13 bits per heavy atom.